The van der Waals surface area contributed by atoms with Gasteiger partial charge in [-0.05, 0) is 78.9 Å². The van der Waals surface area contributed by atoms with E-state index in [-0.39, 0.29) is 0 Å². The van der Waals surface area contributed by atoms with Gasteiger partial charge in [-0.3, -0.25) is 4.57 Å². The van der Waals surface area contributed by atoms with Gasteiger partial charge in [-0.15, -0.1) is 0 Å². The summed E-state index contributed by atoms with van der Waals surface area (Å²) >= 11 is 0. The lowest BCUT2D eigenvalue weighted by Gasteiger charge is -2.10. The van der Waals surface area contributed by atoms with Crippen molar-refractivity contribution in [3.8, 4) is 56.9 Å². The Balaban J connectivity index is 1.04. The molecule has 4 heterocycles. The number of nitrogens with zero attached hydrogens (tertiary/aromatic N) is 6. The molecule has 0 saturated heterocycles. The zero-order chi connectivity index (χ0) is 38.9. The van der Waals surface area contributed by atoms with Gasteiger partial charge in [0.15, 0.2) is 17.5 Å². The third-order valence-corrected chi connectivity index (χ3v) is 11.2. The lowest BCUT2D eigenvalue weighted by Crippen LogP contribution is -2.00. The van der Waals surface area contributed by atoms with Gasteiger partial charge in [0.1, 0.15) is 17.0 Å². The molecule has 8 aromatic carbocycles. The summed E-state index contributed by atoms with van der Waals surface area (Å²) < 4.78 is 11.2. The summed E-state index contributed by atoms with van der Waals surface area (Å²) in [4.78, 5) is 20.6. The third kappa shape index (κ3) is 5.36. The maximum Gasteiger partial charge on any atom is 0.164 e. The molecule has 4 aromatic heterocycles. The van der Waals surface area contributed by atoms with Crippen LogP contribution in [-0.2, 0) is 0 Å². The van der Waals surface area contributed by atoms with Crippen molar-refractivity contribution in [2.45, 2.75) is 0 Å². The van der Waals surface area contributed by atoms with Gasteiger partial charge in [0.25, 0.3) is 0 Å². The van der Waals surface area contributed by atoms with Crippen LogP contribution < -0.4 is 0 Å². The summed E-state index contributed by atoms with van der Waals surface area (Å²) in [5.74, 6) is 2.62. The molecule has 0 fully saturated rings. The molecule has 59 heavy (non-hydrogen) atoms. The molecule has 0 aliphatic rings. The van der Waals surface area contributed by atoms with Crippen LogP contribution >= 0.6 is 0 Å². The number of furan rings is 1. The molecule has 0 saturated carbocycles. The molecule has 0 atom stereocenters. The number of hydrogen-bond donors (Lipinski definition) is 0. The predicted octanol–water partition coefficient (Wildman–Crippen LogP) is 12.9. The van der Waals surface area contributed by atoms with E-state index in [4.69, 9.17) is 24.4 Å². The summed E-state index contributed by atoms with van der Waals surface area (Å²) in [5.41, 5.74) is 11.5. The Morgan fingerprint density at radius 3 is 1.78 bits per heavy atom. The van der Waals surface area contributed by atoms with Crippen LogP contribution in [-0.4, -0.2) is 29.1 Å². The Morgan fingerprint density at radius 2 is 0.983 bits per heavy atom. The van der Waals surface area contributed by atoms with Crippen LogP contribution in [0.25, 0.3) is 112 Å². The number of hydrogen-bond acceptors (Lipinski definition) is 5. The molecular weight excluding hydrogens is 725 g/mol. The minimum Gasteiger partial charge on any atom is -0.456 e. The molecule has 0 aliphatic heterocycles. The minimum atomic E-state index is 0.573. The van der Waals surface area contributed by atoms with Crippen molar-refractivity contribution < 1.29 is 4.42 Å². The molecule has 7 nitrogen and oxygen atoms in total. The van der Waals surface area contributed by atoms with Gasteiger partial charge in [-0.25, -0.2) is 19.9 Å². The highest BCUT2D eigenvalue weighted by atomic mass is 16.3. The van der Waals surface area contributed by atoms with E-state index in [0.717, 1.165) is 88.8 Å². The molecule has 0 unspecified atom stereocenters. The maximum atomic E-state index is 6.64. The fourth-order valence-electron chi connectivity index (χ4n) is 8.52. The van der Waals surface area contributed by atoms with Gasteiger partial charge in [-0.1, -0.05) is 115 Å². The normalized spacial score (nSPS) is 11.7. The summed E-state index contributed by atoms with van der Waals surface area (Å²) in [6.45, 7) is 0. The minimum absolute atomic E-state index is 0.573. The van der Waals surface area contributed by atoms with E-state index in [0.29, 0.717) is 17.5 Å². The lowest BCUT2D eigenvalue weighted by molar-refractivity contribution is 0.669. The maximum absolute atomic E-state index is 6.64. The van der Waals surface area contributed by atoms with Gasteiger partial charge < -0.3 is 8.98 Å². The summed E-state index contributed by atoms with van der Waals surface area (Å²) in [6, 6.07) is 66.7. The van der Waals surface area contributed by atoms with Crippen LogP contribution in [0.3, 0.4) is 0 Å². The smallest absolute Gasteiger partial charge is 0.164 e. The summed E-state index contributed by atoms with van der Waals surface area (Å²) in [5, 5.41) is 4.21. The second-order valence-corrected chi connectivity index (χ2v) is 14.7. The Morgan fingerprint density at radius 1 is 0.356 bits per heavy atom. The van der Waals surface area contributed by atoms with E-state index in [1.54, 1.807) is 0 Å². The van der Waals surface area contributed by atoms with E-state index in [2.05, 4.69) is 143 Å². The molecule has 12 rings (SSSR count). The average Bonchev–Trinajstić information content (AvgIpc) is 3.99. The first-order valence-corrected chi connectivity index (χ1v) is 19.6. The predicted molar refractivity (Wildman–Crippen MR) is 238 cm³/mol. The molecule has 7 heteroatoms. The van der Waals surface area contributed by atoms with E-state index in [1.807, 2.05) is 60.7 Å². The lowest BCUT2D eigenvalue weighted by atomic mass is 10.0. The number of aromatic nitrogens is 6. The van der Waals surface area contributed by atoms with E-state index in [9.17, 15) is 0 Å². The fourth-order valence-corrected chi connectivity index (χ4v) is 8.52. The molecule has 0 spiro atoms. The zero-order valence-corrected chi connectivity index (χ0v) is 31.6. The van der Waals surface area contributed by atoms with Crippen LogP contribution in [0.15, 0.2) is 199 Å². The van der Waals surface area contributed by atoms with Gasteiger partial charge in [-0.2, -0.15) is 0 Å². The van der Waals surface area contributed by atoms with E-state index < -0.39 is 0 Å². The highest BCUT2D eigenvalue weighted by Crippen LogP contribution is 2.40. The number of para-hydroxylation sites is 5. The second kappa shape index (κ2) is 13.2. The number of fused-ring (bicyclic) bond motifs is 7. The standard InChI is InChI=1S/C52H32N6O/c1-4-15-33(16-5-1)49-54-50(34-28-30-44-41(31-34)38-21-10-12-24-43(38)57(44)36-17-6-2-7-18-36)56-51(55-49)40-22-14-26-46-48(40)39-29-27-35(32-47(39)59-46)52-53-42-23-11-13-25-45(42)58(52)37-19-8-3-9-20-37/h1-32H. The molecule has 0 aliphatic carbocycles. The summed E-state index contributed by atoms with van der Waals surface area (Å²) in [7, 11) is 0. The molecule has 276 valence electrons. The zero-order valence-electron chi connectivity index (χ0n) is 31.6. The SMILES string of the molecule is c1ccc(-c2nc(-c3ccc4c(c3)c3ccccc3n4-c3ccccc3)nc(-c3cccc4oc5cc(-c6nc7ccccc7n6-c6ccccc6)ccc5c34)n2)cc1. The molecule has 0 amide bonds. The van der Waals surface area contributed by atoms with Gasteiger partial charge >= 0.3 is 0 Å². The van der Waals surface area contributed by atoms with Crippen molar-refractivity contribution in [2.75, 3.05) is 0 Å². The Bertz CT molecular complexity index is 3550. The highest BCUT2D eigenvalue weighted by Gasteiger charge is 2.21. The quantitative estimate of drug-likeness (QED) is 0.169. The molecule has 12 aromatic rings. The molecule has 0 N–H and O–H groups in total. The van der Waals surface area contributed by atoms with Crippen molar-refractivity contribution in [1.82, 2.24) is 29.1 Å². The first-order valence-electron chi connectivity index (χ1n) is 19.6. The third-order valence-electron chi connectivity index (χ3n) is 11.2. The van der Waals surface area contributed by atoms with Crippen molar-refractivity contribution in [2.24, 2.45) is 0 Å². The van der Waals surface area contributed by atoms with Crippen molar-refractivity contribution in [3.05, 3.63) is 194 Å². The first kappa shape index (κ1) is 33.0. The Labute approximate surface area is 338 Å². The fraction of sp³-hybridized carbons (Fsp3) is 0. The number of rotatable bonds is 6. The van der Waals surface area contributed by atoms with Crippen LogP contribution in [0.2, 0.25) is 0 Å². The topological polar surface area (TPSA) is 74.6 Å². The first-order chi connectivity index (χ1) is 29.2. The van der Waals surface area contributed by atoms with Gasteiger partial charge in [0.05, 0.1) is 22.1 Å². The van der Waals surface area contributed by atoms with E-state index >= 15 is 0 Å². The number of imidazole rings is 1. The van der Waals surface area contributed by atoms with Crippen molar-refractivity contribution in [3.63, 3.8) is 0 Å². The van der Waals surface area contributed by atoms with E-state index in [1.165, 1.54) is 5.39 Å². The monoisotopic (exact) mass is 756 g/mol. The molecule has 0 radical (unpaired) electrons. The number of benzene rings is 8. The van der Waals surface area contributed by atoms with Crippen molar-refractivity contribution >= 4 is 54.8 Å². The average molecular weight is 757 g/mol. The van der Waals surface area contributed by atoms with Crippen LogP contribution in [0.1, 0.15) is 0 Å². The molecule has 0 bridgehead atoms. The molecular formula is C52H32N6O. The largest absolute Gasteiger partial charge is 0.456 e. The van der Waals surface area contributed by atoms with Gasteiger partial charge in [0, 0.05) is 55.2 Å². The highest BCUT2D eigenvalue weighted by molar-refractivity contribution is 6.13. The second-order valence-electron chi connectivity index (χ2n) is 14.7. The Hall–Kier alpha value is -8.16. The van der Waals surface area contributed by atoms with Crippen molar-refractivity contribution in [1.29, 1.82) is 0 Å². The van der Waals surface area contributed by atoms with Crippen LogP contribution in [0.4, 0.5) is 0 Å². The van der Waals surface area contributed by atoms with Crippen LogP contribution in [0.5, 0.6) is 0 Å². The van der Waals surface area contributed by atoms with Gasteiger partial charge in [0.2, 0.25) is 0 Å². The van der Waals surface area contributed by atoms with Crippen LogP contribution in [0, 0.1) is 0 Å². The summed E-state index contributed by atoms with van der Waals surface area (Å²) in [6.07, 6.45) is 0. The Kier molecular flexibility index (Phi) is 7.40.